The van der Waals surface area contributed by atoms with Gasteiger partial charge >= 0.3 is 0 Å². The molecule has 1 saturated heterocycles. The van der Waals surface area contributed by atoms with E-state index in [-0.39, 0.29) is 0 Å². The first kappa shape index (κ1) is 7.47. The van der Waals surface area contributed by atoms with Crippen molar-refractivity contribution in [3.63, 3.8) is 0 Å². The SMILES string of the molecule is C=C(C(N)=O)N1CCSC1. The fraction of sp³-hybridized carbons (Fsp3) is 0.500. The van der Waals surface area contributed by atoms with Crippen molar-refractivity contribution in [2.24, 2.45) is 5.73 Å². The van der Waals surface area contributed by atoms with Crippen LogP contribution in [-0.4, -0.2) is 29.0 Å². The summed E-state index contributed by atoms with van der Waals surface area (Å²) in [6.45, 7) is 4.47. The second-order valence-corrected chi connectivity index (χ2v) is 3.19. The van der Waals surface area contributed by atoms with Gasteiger partial charge in [0.15, 0.2) is 0 Å². The van der Waals surface area contributed by atoms with Crippen molar-refractivity contribution in [1.29, 1.82) is 0 Å². The molecule has 0 saturated carbocycles. The lowest BCUT2D eigenvalue weighted by molar-refractivity contribution is -0.115. The van der Waals surface area contributed by atoms with Gasteiger partial charge in [0.1, 0.15) is 0 Å². The molecule has 0 aliphatic carbocycles. The van der Waals surface area contributed by atoms with Gasteiger partial charge in [0.05, 0.1) is 11.6 Å². The summed E-state index contributed by atoms with van der Waals surface area (Å²) in [6, 6.07) is 0. The molecular weight excluding hydrogens is 148 g/mol. The minimum absolute atomic E-state index is 0.414. The maximum absolute atomic E-state index is 10.6. The van der Waals surface area contributed by atoms with Crippen LogP contribution < -0.4 is 5.73 Å². The summed E-state index contributed by atoms with van der Waals surface area (Å²) in [5, 5.41) is 0. The van der Waals surface area contributed by atoms with Crippen LogP contribution in [0.1, 0.15) is 0 Å². The van der Waals surface area contributed by atoms with Crippen LogP contribution in [0.15, 0.2) is 12.3 Å². The quantitative estimate of drug-likeness (QED) is 0.575. The topological polar surface area (TPSA) is 46.3 Å². The van der Waals surface area contributed by atoms with Crippen LogP contribution in [0.2, 0.25) is 0 Å². The number of rotatable bonds is 2. The van der Waals surface area contributed by atoms with Crippen LogP contribution in [-0.2, 0) is 4.79 Å². The molecule has 0 aromatic heterocycles. The maximum atomic E-state index is 10.6. The van der Waals surface area contributed by atoms with E-state index >= 15 is 0 Å². The largest absolute Gasteiger partial charge is 0.364 e. The maximum Gasteiger partial charge on any atom is 0.264 e. The molecular formula is C6H10N2OS. The van der Waals surface area contributed by atoms with Gasteiger partial charge in [-0.3, -0.25) is 4.79 Å². The Balaban J connectivity index is 2.48. The van der Waals surface area contributed by atoms with Crippen LogP contribution in [0.3, 0.4) is 0 Å². The van der Waals surface area contributed by atoms with Crippen molar-refractivity contribution >= 4 is 17.7 Å². The standard InChI is InChI=1S/C6H10N2OS/c1-5(6(7)9)8-2-3-10-4-8/h1-4H2,(H2,7,9). The number of nitrogens with zero attached hydrogens (tertiary/aromatic N) is 1. The zero-order valence-corrected chi connectivity index (χ0v) is 6.49. The van der Waals surface area contributed by atoms with Crippen molar-refractivity contribution in [3.05, 3.63) is 12.3 Å². The van der Waals surface area contributed by atoms with Crippen LogP contribution >= 0.6 is 11.8 Å². The second-order valence-electron chi connectivity index (χ2n) is 2.11. The molecule has 0 aromatic rings. The van der Waals surface area contributed by atoms with Gasteiger partial charge in [-0.2, -0.15) is 0 Å². The minimum atomic E-state index is -0.414. The molecule has 0 radical (unpaired) electrons. The molecule has 4 heteroatoms. The predicted molar refractivity (Wildman–Crippen MR) is 42.4 cm³/mol. The molecule has 0 unspecified atom stereocenters. The smallest absolute Gasteiger partial charge is 0.264 e. The normalized spacial score (nSPS) is 17.4. The number of nitrogens with two attached hydrogens (primary N) is 1. The number of primary amides is 1. The van der Waals surface area contributed by atoms with E-state index < -0.39 is 5.91 Å². The first-order valence-electron chi connectivity index (χ1n) is 3.03. The van der Waals surface area contributed by atoms with Gasteiger partial charge in [-0.15, -0.1) is 11.8 Å². The molecule has 1 aliphatic rings. The second kappa shape index (κ2) is 2.96. The van der Waals surface area contributed by atoms with Crippen molar-refractivity contribution in [2.45, 2.75) is 0 Å². The van der Waals surface area contributed by atoms with Crippen molar-refractivity contribution in [1.82, 2.24) is 4.90 Å². The highest BCUT2D eigenvalue weighted by Crippen LogP contribution is 2.16. The summed E-state index contributed by atoms with van der Waals surface area (Å²) in [5.41, 5.74) is 5.46. The fourth-order valence-corrected chi connectivity index (χ4v) is 1.77. The van der Waals surface area contributed by atoms with Crippen LogP contribution in [0.25, 0.3) is 0 Å². The Bertz CT molecular complexity index is 163. The predicted octanol–water partition coefficient (Wildman–Crippen LogP) is -0.00830. The minimum Gasteiger partial charge on any atom is -0.364 e. The van der Waals surface area contributed by atoms with E-state index in [0.717, 1.165) is 18.2 Å². The summed E-state index contributed by atoms with van der Waals surface area (Å²) in [6.07, 6.45) is 0. The Hall–Kier alpha value is -0.640. The number of hydrogen-bond acceptors (Lipinski definition) is 3. The fourth-order valence-electron chi connectivity index (χ4n) is 0.783. The molecule has 1 fully saturated rings. The summed E-state index contributed by atoms with van der Waals surface area (Å²) in [4.78, 5) is 12.5. The molecule has 1 rings (SSSR count). The Morgan fingerprint density at radius 1 is 1.70 bits per heavy atom. The van der Waals surface area contributed by atoms with Gasteiger partial charge in [0.2, 0.25) is 0 Å². The van der Waals surface area contributed by atoms with E-state index in [9.17, 15) is 4.79 Å². The Labute approximate surface area is 64.3 Å². The average Bonchev–Trinajstić information content (AvgIpc) is 2.36. The zero-order valence-electron chi connectivity index (χ0n) is 5.67. The molecule has 0 spiro atoms. The lowest BCUT2D eigenvalue weighted by Crippen LogP contribution is -2.28. The van der Waals surface area contributed by atoms with Crippen LogP contribution in [0, 0.1) is 0 Å². The zero-order chi connectivity index (χ0) is 7.56. The summed E-state index contributed by atoms with van der Waals surface area (Å²) in [7, 11) is 0. The number of thioether (sulfide) groups is 1. The molecule has 0 bridgehead atoms. The molecule has 0 atom stereocenters. The first-order valence-corrected chi connectivity index (χ1v) is 4.18. The van der Waals surface area contributed by atoms with Gasteiger partial charge in [0.25, 0.3) is 5.91 Å². The highest BCUT2D eigenvalue weighted by molar-refractivity contribution is 7.99. The molecule has 10 heavy (non-hydrogen) atoms. The first-order chi connectivity index (χ1) is 4.72. The Morgan fingerprint density at radius 3 is 2.80 bits per heavy atom. The van der Waals surface area contributed by atoms with Crippen molar-refractivity contribution < 1.29 is 4.79 Å². The lowest BCUT2D eigenvalue weighted by atomic mass is 10.4. The highest BCUT2D eigenvalue weighted by Gasteiger charge is 2.16. The lowest BCUT2D eigenvalue weighted by Gasteiger charge is -2.15. The molecule has 3 nitrogen and oxygen atoms in total. The van der Waals surface area contributed by atoms with E-state index in [1.54, 1.807) is 11.8 Å². The van der Waals surface area contributed by atoms with Gasteiger partial charge in [0, 0.05) is 12.3 Å². The molecule has 56 valence electrons. The number of carbonyl (C=O) groups is 1. The molecule has 2 N–H and O–H groups in total. The van der Waals surface area contributed by atoms with E-state index in [0.29, 0.717) is 5.70 Å². The third kappa shape index (κ3) is 1.44. The highest BCUT2D eigenvalue weighted by atomic mass is 32.2. The van der Waals surface area contributed by atoms with Crippen LogP contribution in [0.4, 0.5) is 0 Å². The number of amides is 1. The molecule has 1 heterocycles. The third-order valence-corrected chi connectivity index (χ3v) is 2.38. The van der Waals surface area contributed by atoms with Crippen molar-refractivity contribution in [2.75, 3.05) is 18.2 Å². The van der Waals surface area contributed by atoms with E-state index in [2.05, 4.69) is 6.58 Å². The van der Waals surface area contributed by atoms with E-state index in [4.69, 9.17) is 5.73 Å². The monoisotopic (exact) mass is 158 g/mol. The average molecular weight is 158 g/mol. The molecule has 0 aromatic carbocycles. The summed E-state index contributed by atoms with van der Waals surface area (Å²) in [5.74, 6) is 1.50. The van der Waals surface area contributed by atoms with Gasteiger partial charge < -0.3 is 10.6 Å². The molecule has 1 aliphatic heterocycles. The van der Waals surface area contributed by atoms with Gasteiger partial charge in [-0.05, 0) is 0 Å². The van der Waals surface area contributed by atoms with Gasteiger partial charge in [-0.1, -0.05) is 6.58 Å². The summed E-state index contributed by atoms with van der Waals surface area (Å²) >= 11 is 1.79. The van der Waals surface area contributed by atoms with Gasteiger partial charge in [-0.25, -0.2) is 0 Å². The van der Waals surface area contributed by atoms with E-state index in [1.165, 1.54) is 0 Å². The third-order valence-electron chi connectivity index (χ3n) is 1.42. The van der Waals surface area contributed by atoms with Crippen LogP contribution in [0.5, 0.6) is 0 Å². The Kier molecular flexibility index (Phi) is 2.21. The number of carbonyl (C=O) groups excluding carboxylic acids is 1. The number of hydrogen-bond donors (Lipinski definition) is 1. The molecule has 1 amide bonds. The Morgan fingerprint density at radius 2 is 2.40 bits per heavy atom. The van der Waals surface area contributed by atoms with E-state index in [1.807, 2.05) is 4.90 Å². The van der Waals surface area contributed by atoms with Crippen molar-refractivity contribution in [3.8, 4) is 0 Å². The summed E-state index contributed by atoms with van der Waals surface area (Å²) < 4.78 is 0.